The van der Waals surface area contributed by atoms with Crippen molar-refractivity contribution in [1.82, 2.24) is 0 Å². The Bertz CT molecular complexity index is 372. The van der Waals surface area contributed by atoms with E-state index in [1.807, 2.05) is 0 Å². The zero-order valence-corrected chi connectivity index (χ0v) is 9.46. The third kappa shape index (κ3) is 3.98. The number of non-ortho nitro benzene ring substituents is 1. The fourth-order valence-electron chi connectivity index (χ4n) is 0.911. The minimum atomic E-state index is -0.456. The van der Waals surface area contributed by atoms with Gasteiger partial charge in [0.15, 0.2) is 0 Å². The molecule has 0 saturated carbocycles. The van der Waals surface area contributed by atoms with Crippen LogP contribution >= 0.6 is 0 Å². The molecule has 78 valence electrons. The molecule has 1 rings (SSSR count). The molecule has 1 aromatic rings. The van der Waals surface area contributed by atoms with E-state index in [0.29, 0.717) is 12.4 Å². The zero-order valence-electron chi connectivity index (χ0n) is 7.75. The Hall–Kier alpha value is -1.57. The molecule has 0 unspecified atom stereocenters. The van der Waals surface area contributed by atoms with Gasteiger partial charge in [-0.1, -0.05) is 0 Å². The van der Waals surface area contributed by atoms with E-state index in [4.69, 9.17) is 10.00 Å². The van der Waals surface area contributed by atoms with Crippen molar-refractivity contribution in [3.63, 3.8) is 0 Å². The van der Waals surface area contributed by atoms with Gasteiger partial charge in [-0.3, -0.25) is 0 Å². The summed E-state index contributed by atoms with van der Waals surface area (Å²) in [6.45, 7) is 0.478. The second kappa shape index (κ2) is 6.02. The Labute approximate surface area is 93.0 Å². The van der Waals surface area contributed by atoms with Crippen molar-refractivity contribution in [3.8, 4) is 10.7 Å². The van der Waals surface area contributed by atoms with E-state index in [9.17, 15) is 10.1 Å². The van der Waals surface area contributed by atoms with Gasteiger partial charge in [0.25, 0.3) is 0 Å². The molecule has 15 heavy (non-hydrogen) atoms. The van der Waals surface area contributed by atoms with E-state index in [1.165, 1.54) is 12.1 Å². The molecule has 0 spiro atoms. The van der Waals surface area contributed by atoms with Crippen LogP contribution in [-0.4, -0.2) is 26.5 Å². The maximum atomic E-state index is 10.3. The van der Waals surface area contributed by atoms with Crippen molar-refractivity contribution in [3.05, 3.63) is 34.4 Å². The van der Waals surface area contributed by atoms with E-state index in [2.05, 4.69) is 4.97 Å². The number of nitriles is 1. The van der Waals surface area contributed by atoms with Gasteiger partial charge in [-0.05, 0) is 0 Å². The maximum absolute atomic E-state index is 10.3. The summed E-state index contributed by atoms with van der Waals surface area (Å²) in [5.41, 5.74) is 0.0450. The molecular formula is C9H8N2O3Se. The molecule has 0 aromatic heterocycles. The molecule has 0 aliphatic heterocycles. The Morgan fingerprint density at radius 2 is 2.13 bits per heavy atom. The van der Waals surface area contributed by atoms with E-state index in [0.717, 1.165) is 5.32 Å². The van der Waals surface area contributed by atoms with Crippen molar-refractivity contribution in [2.75, 3.05) is 6.61 Å². The second-order valence-electron chi connectivity index (χ2n) is 2.54. The van der Waals surface area contributed by atoms with E-state index < -0.39 is 4.92 Å². The number of benzene rings is 1. The zero-order chi connectivity index (χ0) is 11.1. The van der Waals surface area contributed by atoms with Crippen LogP contribution in [-0.2, 0) is 0 Å². The number of nitro benzene ring substituents is 1. The Balaban J connectivity index is 2.43. The number of rotatable bonds is 5. The van der Waals surface area contributed by atoms with Crippen LogP contribution in [0.1, 0.15) is 0 Å². The van der Waals surface area contributed by atoms with Gasteiger partial charge in [0.1, 0.15) is 0 Å². The predicted molar refractivity (Wildman–Crippen MR) is 54.8 cm³/mol. The van der Waals surface area contributed by atoms with E-state index in [1.54, 1.807) is 12.1 Å². The van der Waals surface area contributed by atoms with Crippen molar-refractivity contribution in [2.45, 2.75) is 5.32 Å². The second-order valence-corrected chi connectivity index (χ2v) is 4.38. The summed E-state index contributed by atoms with van der Waals surface area (Å²) in [6.07, 6.45) is 0. The van der Waals surface area contributed by atoms with Crippen molar-refractivity contribution >= 4 is 20.6 Å². The van der Waals surface area contributed by atoms with Gasteiger partial charge in [0, 0.05) is 0 Å². The molecule has 0 heterocycles. The molecule has 0 saturated heterocycles. The summed E-state index contributed by atoms with van der Waals surface area (Å²) in [5, 5.41) is 19.4. The van der Waals surface area contributed by atoms with Gasteiger partial charge >= 0.3 is 92.6 Å². The minimum absolute atomic E-state index is 0.0409. The van der Waals surface area contributed by atoms with Crippen LogP contribution < -0.4 is 4.74 Å². The van der Waals surface area contributed by atoms with Crippen molar-refractivity contribution < 1.29 is 9.66 Å². The predicted octanol–water partition coefficient (Wildman–Crippen LogP) is 1.58. The number of hydrogen-bond acceptors (Lipinski definition) is 4. The van der Waals surface area contributed by atoms with Crippen LogP contribution in [0.4, 0.5) is 5.69 Å². The van der Waals surface area contributed by atoms with Crippen LogP contribution in [0, 0.1) is 20.3 Å². The molecule has 0 fully saturated rings. The first-order valence-electron chi connectivity index (χ1n) is 4.12. The first-order chi connectivity index (χ1) is 7.24. The number of nitro groups is 1. The molecule has 0 radical (unpaired) electrons. The normalized spacial score (nSPS) is 9.27. The first-order valence-corrected chi connectivity index (χ1v) is 6.19. The van der Waals surface area contributed by atoms with Crippen molar-refractivity contribution in [2.24, 2.45) is 0 Å². The molecule has 0 bridgehead atoms. The van der Waals surface area contributed by atoms with Gasteiger partial charge in [-0.2, -0.15) is 0 Å². The fraction of sp³-hybridized carbons (Fsp3) is 0.222. The van der Waals surface area contributed by atoms with Gasteiger partial charge in [-0.25, -0.2) is 0 Å². The van der Waals surface area contributed by atoms with Crippen LogP contribution in [0.25, 0.3) is 0 Å². The molecule has 0 N–H and O–H groups in total. The standard InChI is InChI=1S/C9H8N2O3Se/c10-7-15-6-5-14-9-3-1-8(2-4-9)11(12)13/h1-4H,5-6H2. The summed E-state index contributed by atoms with van der Waals surface area (Å²) in [5.74, 6) is 0.592. The molecule has 5 nitrogen and oxygen atoms in total. The topological polar surface area (TPSA) is 76.2 Å². The quantitative estimate of drug-likeness (QED) is 0.352. The van der Waals surface area contributed by atoms with Gasteiger partial charge in [-0.15, -0.1) is 0 Å². The molecule has 6 heteroatoms. The Morgan fingerprint density at radius 1 is 1.47 bits per heavy atom. The fourth-order valence-corrected chi connectivity index (χ4v) is 1.45. The summed E-state index contributed by atoms with van der Waals surface area (Å²) in [7, 11) is 0. The van der Waals surface area contributed by atoms with Crippen LogP contribution in [0.3, 0.4) is 0 Å². The molecule has 0 amide bonds. The SMILES string of the molecule is N#C[Se]CCOc1ccc([N+](=O)[O-])cc1. The Kier molecular flexibility index (Phi) is 4.61. The third-order valence-corrected chi connectivity index (χ3v) is 2.62. The van der Waals surface area contributed by atoms with Gasteiger partial charge < -0.3 is 0 Å². The van der Waals surface area contributed by atoms with Crippen LogP contribution in [0.2, 0.25) is 5.32 Å². The number of nitrogens with zero attached hydrogens (tertiary/aromatic N) is 2. The summed E-state index contributed by atoms with van der Waals surface area (Å²) >= 11 is -0.0409. The summed E-state index contributed by atoms with van der Waals surface area (Å²) in [4.78, 5) is 12.0. The average Bonchev–Trinajstić information content (AvgIpc) is 2.25. The average molecular weight is 271 g/mol. The van der Waals surface area contributed by atoms with Gasteiger partial charge in [0.05, 0.1) is 0 Å². The van der Waals surface area contributed by atoms with Gasteiger partial charge in [0.2, 0.25) is 0 Å². The Morgan fingerprint density at radius 3 is 2.67 bits per heavy atom. The van der Waals surface area contributed by atoms with E-state index in [-0.39, 0.29) is 20.6 Å². The molecule has 0 aliphatic carbocycles. The van der Waals surface area contributed by atoms with Crippen LogP contribution in [0.5, 0.6) is 5.75 Å². The third-order valence-electron chi connectivity index (χ3n) is 1.57. The van der Waals surface area contributed by atoms with E-state index >= 15 is 0 Å². The summed E-state index contributed by atoms with van der Waals surface area (Å²) in [6, 6.07) is 5.89. The number of ether oxygens (including phenoxy) is 1. The molecule has 0 atom stereocenters. The molecular weight excluding hydrogens is 263 g/mol. The first kappa shape index (κ1) is 11.5. The van der Waals surface area contributed by atoms with Crippen molar-refractivity contribution in [1.29, 1.82) is 5.26 Å². The molecule has 0 aliphatic rings. The number of hydrogen-bond donors (Lipinski definition) is 0. The summed E-state index contributed by atoms with van der Waals surface area (Å²) < 4.78 is 5.28. The molecule has 1 aromatic carbocycles. The van der Waals surface area contributed by atoms with Crippen LogP contribution in [0.15, 0.2) is 24.3 Å². The monoisotopic (exact) mass is 272 g/mol.